The lowest BCUT2D eigenvalue weighted by Crippen LogP contribution is -3.14. The molecule has 6 nitrogen and oxygen atoms in total. The number of nitrogens with zero attached hydrogens (tertiary/aromatic N) is 1. The Kier molecular flexibility index (Phi) is 7.31. The first-order chi connectivity index (χ1) is 16.9. The van der Waals surface area contributed by atoms with Crippen LogP contribution in [0, 0.1) is 23.2 Å². The average molecular weight is 499 g/mol. The Morgan fingerprint density at radius 1 is 1.31 bits per heavy atom. The van der Waals surface area contributed by atoms with Crippen molar-refractivity contribution in [3.63, 3.8) is 0 Å². The summed E-state index contributed by atoms with van der Waals surface area (Å²) in [4.78, 5) is 21.0. The standard InChI is InChI=1S/C28H39N3O3S/c1-18(26(33)29-11-12-31-13-15-34-16-14-31)21-9-10-28(3)17-22-24(19(2)23(28)25(21)32)30-27(35-22)20-7-5-4-6-8-20/h4-8,18-19,21,23,25,32H,9-17H2,1-3H3,(H,29,33)/p+1/t18-,19-,21+,23+,25-,28-/m0/s1. The Bertz CT molecular complexity index is 1020. The normalized spacial score (nSPS) is 31.9. The third-order valence-electron chi connectivity index (χ3n) is 8.98. The number of hydrogen-bond acceptors (Lipinski definition) is 5. The van der Waals surface area contributed by atoms with Crippen LogP contribution < -0.4 is 10.2 Å². The van der Waals surface area contributed by atoms with E-state index in [2.05, 4.69) is 43.4 Å². The van der Waals surface area contributed by atoms with Crippen LogP contribution in [0.1, 0.15) is 50.1 Å². The number of ether oxygens (including phenoxy) is 1. The molecular weight excluding hydrogens is 458 g/mol. The van der Waals surface area contributed by atoms with Crippen molar-refractivity contribution in [2.45, 2.75) is 52.1 Å². The maximum Gasteiger partial charge on any atom is 0.223 e. The Hall–Kier alpha value is -1.80. The van der Waals surface area contributed by atoms with E-state index in [1.54, 1.807) is 0 Å². The molecule has 35 heavy (non-hydrogen) atoms. The van der Waals surface area contributed by atoms with Crippen molar-refractivity contribution < 1.29 is 19.5 Å². The monoisotopic (exact) mass is 498 g/mol. The topological polar surface area (TPSA) is 75.9 Å². The van der Waals surface area contributed by atoms with Crippen molar-refractivity contribution in [2.24, 2.45) is 23.2 Å². The van der Waals surface area contributed by atoms with E-state index in [1.165, 1.54) is 9.78 Å². The van der Waals surface area contributed by atoms with E-state index in [0.717, 1.165) is 68.4 Å². The lowest BCUT2D eigenvalue weighted by Gasteiger charge is -2.53. The first-order valence-electron chi connectivity index (χ1n) is 13.3. The first-order valence-corrected chi connectivity index (χ1v) is 14.1. The predicted octanol–water partition coefficient (Wildman–Crippen LogP) is 2.53. The molecule has 0 spiro atoms. The van der Waals surface area contributed by atoms with Gasteiger partial charge in [-0.1, -0.05) is 51.1 Å². The van der Waals surface area contributed by atoms with Crippen LogP contribution in [0.25, 0.3) is 10.6 Å². The molecule has 190 valence electrons. The van der Waals surface area contributed by atoms with Crippen molar-refractivity contribution in [3.05, 3.63) is 40.9 Å². The van der Waals surface area contributed by atoms with Crippen LogP contribution in [0.4, 0.5) is 0 Å². The van der Waals surface area contributed by atoms with Crippen LogP contribution in [0.3, 0.4) is 0 Å². The van der Waals surface area contributed by atoms with Gasteiger partial charge >= 0.3 is 0 Å². The Morgan fingerprint density at radius 2 is 2.06 bits per heavy atom. The lowest BCUT2D eigenvalue weighted by atomic mass is 9.53. The van der Waals surface area contributed by atoms with E-state index >= 15 is 0 Å². The molecular formula is C28H40N3O3S+. The quantitative estimate of drug-likeness (QED) is 0.572. The number of carbonyl (C=O) groups excluding carboxylic acids is 1. The van der Waals surface area contributed by atoms with Crippen molar-refractivity contribution >= 4 is 17.2 Å². The Morgan fingerprint density at radius 3 is 2.80 bits per heavy atom. The number of hydrogen-bond donors (Lipinski definition) is 3. The fraction of sp³-hybridized carbons (Fsp3) is 0.643. The van der Waals surface area contributed by atoms with Crippen LogP contribution in [-0.2, 0) is 16.0 Å². The molecule has 2 heterocycles. The second kappa shape index (κ2) is 10.3. The number of morpholine rings is 1. The van der Waals surface area contributed by atoms with E-state index in [-0.39, 0.29) is 35.0 Å². The fourth-order valence-corrected chi connectivity index (χ4v) is 8.25. The molecule has 3 N–H and O–H groups in total. The third kappa shape index (κ3) is 4.93. The average Bonchev–Trinajstić information content (AvgIpc) is 3.29. The van der Waals surface area contributed by atoms with Gasteiger partial charge in [0.05, 0.1) is 38.1 Å². The van der Waals surface area contributed by atoms with Gasteiger partial charge in [0.15, 0.2) is 0 Å². The van der Waals surface area contributed by atoms with Crippen LogP contribution in [-0.4, -0.2) is 61.5 Å². The molecule has 2 aliphatic carbocycles. The summed E-state index contributed by atoms with van der Waals surface area (Å²) in [5.41, 5.74) is 2.36. The SMILES string of the molecule is C[C@H](C(=O)NCC[NH+]1CCOCC1)[C@H]1CC[C@@]2(C)Cc3sc(-c4ccccc4)nc3[C@@H](C)[C@@H]2[C@H]1O. The fourth-order valence-electron chi connectivity index (χ4n) is 6.88. The second-order valence-electron chi connectivity index (χ2n) is 11.2. The van der Waals surface area contributed by atoms with Gasteiger partial charge in [0.25, 0.3) is 0 Å². The highest BCUT2D eigenvalue weighted by molar-refractivity contribution is 7.15. The highest BCUT2D eigenvalue weighted by atomic mass is 32.1. The molecule has 3 aliphatic rings. The molecule has 1 amide bonds. The zero-order valence-corrected chi connectivity index (χ0v) is 22.1. The minimum absolute atomic E-state index is 0.0139. The van der Waals surface area contributed by atoms with E-state index in [4.69, 9.17) is 9.72 Å². The van der Waals surface area contributed by atoms with Crippen molar-refractivity contribution in [1.29, 1.82) is 0 Å². The van der Waals surface area contributed by atoms with Crippen molar-refractivity contribution in [1.82, 2.24) is 10.3 Å². The third-order valence-corrected chi connectivity index (χ3v) is 10.1. The van der Waals surface area contributed by atoms with Gasteiger partial charge < -0.3 is 20.1 Å². The number of nitrogens with one attached hydrogen (secondary N) is 2. The van der Waals surface area contributed by atoms with Gasteiger partial charge in [0.2, 0.25) is 5.91 Å². The Balaban J connectivity index is 1.27. The number of amides is 1. The summed E-state index contributed by atoms with van der Waals surface area (Å²) in [5, 5.41) is 15.9. The van der Waals surface area contributed by atoms with Crippen LogP contribution in [0.15, 0.2) is 30.3 Å². The lowest BCUT2D eigenvalue weighted by molar-refractivity contribution is -0.906. The summed E-state index contributed by atoms with van der Waals surface area (Å²) < 4.78 is 5.42. The minimum atomic E-state index is -0.496. The number of quaternary nitrogens is 1. The molecule has 5 rings (SSSR count). The molecule has 7 heteroatoms. The summed E-state index contributed by atoms with van der Waals surface area (Å²) in [7, 11) is 0. The van der Waals surface area contributed by atoms with E-state index in [0.29, 0.717) is 6.54 Å². The summed E-state index contributed by atoms with van der Waals surface area (Å²) in [5.74, 6) is 0.163. The van der Waals surface area contributed by atoms with Gasteiger partial charge in [0, 0.05) is 22.3 Å². The number of thiazole rings is 1. The smallest absolute Gasteiger partial charge is 0.223 e. The molecule has 0 radical (unpaired) electrons. The number of rotatable bonds is 6. The number of fused-ring (bicyclic) bond motifs is 2. The molecule has 0 bridgehead atoms. The van der Waals surface area contributed by atoms with Gasteiger partial charge in [-0.25, -0.2) is 4.98 Å². The van der Waals surface area contributed by atoms with Gasteiger partial charge in [-0.15, -0.1) is 11.3 Å². The summed E-state index contributed by atoms with van der Waals surface area (Å²) in [6.07, 6.45) is 2.40. The first kappa shape index (κ1) is 24.9. The van der Waals surface area contributed by atoms with Gasteiger partial charge in [-0.2, -0.15) is 0 Å². The second-order valence-corrected chi connectivity index (χ2v) is 12.3. The number of aliphatic hydroxyl groups excluding tert-OH is 1. The van der Waals surface area contributed by atoms with Gasteiger partial charge in [-0.3, -0.25) is 4.79 Å². The van der Waals surface area contributed by atoms with E-state index in [9.17, 15) is 9.90 Å². The minimum Gasteiger partial charge on any atom is -0.392 e. The molecule has 1 aromatic carbocycles. The zero-order valence-electron chi connectivity index (χ0n) is 21.3. The number of aliphatic hydroxyl groups is 1. The molecule has 2 aromatic rings. The summed E-state index contributed by atoms with van der Waals surface area (Å²) >= 11 is 1.81. The van der Waals surface area contributed by atoms with Crippen LogP contribution in [0.2, 0.25) is 0 Å². The molecule has 1 saturated carbocycles. The predicted molar refractivity (Wildman–Crippen MR) is 139 cm³/mol. The van der Waals surface area contributed by atoms with Crippen LogP contribution in [0.5, 0.6) is 0 Å². The summed E-state index contributed by atoms with van der Waals surface area (Å²) in [6, 6.07) is 10.4. The highest BCUT2D eigenvalue weighted by Gasteiger charge is 2.53. The van der Waals surface area contributed by atoms with E-state index in [1.807, 2.05) is 24.3 Å². The number of carbonyl (C=O) groups is 1. The molecule has 0 unspecified atom stereocenters. The summed E-state index contributed by atoms with van der Waals surface area (Å²) in [6.45, 7) is 11.8. The molecule has 2 fully saturated rings. The Labute approximate surface area is 213 Å². The molecule has 1 aromatic heterocycles. The van der Waals surface area contributed by atoms with Gasteiger partial charge in [-0.05, 0) is 36.5 Å². The molecule has 1 saturated heterocycles. The van der Waals surface area contributed by atoms with Crippen molar-refractivity contribution in [2.75, 3.05) is 39.4 Å². The highest BCUT2D eigenvalue weighted by Crippen LogP contribution is 2.57. The largest absolute Gasteiger partial charge is 0.392 e. The molecule has 1 aliphatic heterocycles. The van der Waals surface area contributed by atoms with E-state index < -0.39 is 6.10 Å². The van der Waals surface area contributed by atoms with Gasteiger partial charge in [0.1, 0.15) is 18.1 Å². The maximum absolute atomic E-state index is 13.0. The number of aromatic nitrogens is 1. The zero-order chi connectivity index (χ0) is 24.6. The van der Waals surface area contributed by atoms with Crippen LogP contribution >= 0.6 is 11.3 Å². The number of benzene rings is 1. The molecule has 6 atom stereocenters. The van der Waals surface area contributed by atoms with Crippen molar-refractivity contribution in [3.8, 4) is 10.6 Å². The maximum atomic E-state index is 13.0.